The van der Waals surface area contributed by atoms with Gasteiger partial charge < -0.3 is 33.3 Å². The Kier molecular flexibility index (Phi) is 9.49. The van der Waals surface area contributed by atoms with Crippen LogP contribution in [-0.4, -0.2) is 121 Å². The van der Waals surface area contributed by atoms with Gasteiger partial charge in [0.2, 0.25) is 5.88 Å². The number of carbonyl (C=O) groups excluding carboxylic acids is 1. The quantitative estimate of drug-likeness (QED) is 0.148. The number of hydrogen-bond acceptors (Lipinski definition) is 12. The molecule has 4 fully saturated rings. The van der Waals surface area contributed by atoms with Crippen LogP contribution in [0.2, 0.25) is 0 Å². The number of hydrogen-bond donors (Lipinski definition) is 0. The van der Waals surface area contributed by atoms with Crippen LogP contribution in [0.15, 0.2) is 24.3 Å². The van der Waals surface area contributed by atoms with Gasteiger partial charge in [-0.25, -0.2) is 18.6 Å². The van der Waals surface area contributed by atoms with Crippen LogP contribution < -0.4 is 19.1 Å². The second-order valence-electron chi connectivity index (χ2n) is 16.7. The first-order valence-corrected chi connectivity index (χ1v) is 19.6. The number of morpholine rings is 1. The molecular weight excluding hydrogens is 738 g/mol. The van der Waals surface area contributed by atoms with Crippen molar-refractivity contribution in [2.24, 2.45) is 5.41 Å². The Morgan fingerprint density at radius 3 is 2.60 bits per heavy atom. The summed E-state index contributed by atoms with van der Waals surface area (Å²) in [4.78, 5) is 34.5. The van der Waals surface area contributed by atoms with E-state index in [1.807, 2.05) is 25.7 Å². The third-order valence-corrected chi connectivity index (χ3v) is 11.7. The number of halogens is 2. The van der Waals surface area contributed by atoms with Crippen molar-refractivity contribution in [3.8, 4) is 41.2 Å². The molecule has 300 valence electrons. The van der Waals surface area contributed by atoms with E-state index < -0.39 is 17.2 Å². The van der Waals surface area contributed by atoms with Gasteiger partial charge in [-0.2, -0.15) is 9.97 Å². The number of pyridine rings is 1. The van der Waals surface area contributed by atoms with Gasteiger partial charge in [-0.1, -0.05) is 12.0 Å². The normalized spacial score (nSPS) is 22.4. The molecule has 6 heterocycles. The zero-order valence-electron chi connectivity index (χ0n) is 32.6. The number of benzene rings is 2. The molecule has 4 aliphatic heterocycles. The summed E-state index contributed by atoms with van der Waals surface area (Å²) in [6.45, 7) is 10.3. The Hall–Kier alpha value is -5.04. The number of rotatable bonds is 9. The molecule has 2 aromatic heterocycles. The first-order valence-electron chi connectivity index (χ1n) is 19.6. The number of fused-ring (bicyclic) bond motifs is 6. The number of anilines is 1. The highest BCUT2D eigenvalue weighted by Crippen LogP contribution is 2.49. The molecule has 1 amide bonds. The van der Waals surface area contributed by atoms with Crippen LogP contribution in [-0.2, 0) is 14.2 Å². The average Bonchev–Trinajstić information content (AvgIpc) is 3.90. The number of ether oxygens (including phenoxy) is 6. The van der Waals surface area contributed by atoms with Gasteiger partial charge in [0, 0.05) is 49.7 Å². The SMILES string of the molecule is C#Cc1c(F)ccc2cc(OCOC)cc(-c3nc4c5c(nc(OCC6(CN7CCOCC7)CC6)nc5c3F)N3C[C@H]5CC[C@@H]([C@H]3CO4)N5C(=O)OC(C)(C)C)c12. The summed E-state index contributed by atoms with van der Waals surface area (Å²) in [7, 11) is 1.49. The molecule has 1 saturated carbocycles. The molecule has 9 rings (SSSR count). The first-order chi connectivity index (χ1) is 27.5. The number of nitrogens with zero attached hydrogens (tertiary/aromatic N) is 6. The van der Waals surface area contributed by atoms with Crippen molar-refractivity contribution in [1.82, 2.24) is 24.8 Å². The van der Waals surface area contributed by atoms with E-state index in [0.29, 0.717) is 43.3 Å². The lowest BCUT2D eigenvalue weighted by Crippen LogP contribution is -2.63. The minimum Gasteiger partial charge on any atom is -0.475 e. The molecule has 4 aromatic rings. The van der Waals surface area contributed by atoms with E-state index in [9.17, 15) is 4.79 Å². The van der Waals surface area contributed by atoms with Gasteiger partial charge in [-0.15, -0.1) is 6.42 Å². The third-order valence-electron chi connectivity index (χ3n) is 11.7. The van der Waals surface area contributed by atoms with Crippen molar-refractivity contribution in [1.29, 1.82) is 0 Å². The van der Waals surface area contributed by atoms with Gasteiger partial charge in [0.25, 0.3) is 0 Å². The summed E-state index contributed by atoms with van der Waals surface area (Å²) in [5, 5.41) is 1.07. The summed E-state index contributed by atoms with van der Waals surface area (Å²) in [6.07, 6.45) is 8.95. The molecule has 0 unspecified atom stereocenters. The van der Waals surface area contributed by atoms with Crippen molar-refractivity contribution < 1.29 is 42.0 Å². The van der Waals surface area contributed by atoms with Crippen LogP contribution in [0.4, 0.5) is 19.4 Å². The molecule has 0 spiro atoms. The van der Waals surface area contributed by atoms with E-state index in [0.717, 1.165) is 45.3 Å². The number of carbonyl (C=O) groups is 1. The number of amides is 1. The highest BCUT2D eigenvalue weighted by molar-refractivity contribution is 6.04. The van der Waals surface area contributed by atoms with Gasteiger partial charge in [-0.05, 0) is 70.0 Å². The number of methoxy groups -OCH3 is 1. The van der Waals surface area contributed by atoms with Crippen LogP contribution in [0, 0.1) is 29.4 Å². The zero-order valence-corrected chi connectivity index (χ0v) is 32.6. The predicted octanol–water partition coefficient (Wildman–Crippen LogP) is 5.93. The van der Waals surface area contributed by atoms with Gasteiger partial charge in [0.05, 0.1) is 43.5 Å². The fourth-order valence-corrected chi connectivity index (χ4v) is 8.83. The van der Waals surface area contributed by atoms with Crippen LogP contribution >= 0.6 is 0 Å². The minimum atomic E-state index is -0.786. The number of terminal acetylenes is 1. The highest BCUT2D eigenvalue weighted by Gasteiger charge is 2.52. The molecule has 0 radical (unpaired) electrons. The van der Waals surface area contributed by atoms with E-state index in [1.165, 1.54) is 13.2 Å². The average molecular weight is 785 g/mol. The molecule has 3 saturated heterocycles. The van der Waals surface area contributed by atoms with Crippen LogP contribution in [0.5, 0.6) is 17.6 Å². The molecule has 2 bridgehead atoms. The second-order valence-corrected chi connectivity index (χ2v) is 16.7. The van der Waals surface area contributed by atoms with E-state index in [4.69, 9.17) is 49.8 Å². The Morgan fingerprint density at radius 1 is 1.05 bits per heavy atom. The molecule has 13 nitrogen and oxygen atoms in total. The van der Waals surface area contributed by atoms with Crippen molar-refractivity contribution in [2.75, 3.05) is 71.4 Å². The first kappa shape index (κ1) is 37.5. The van der Waals surface area contributed by atoms with Crippen molar-refractivity contribution in [2.45, 2.75) is 70.2 Å². The largest absolute Gasteiger partial charge is 0.475 e. The molecular formula is C42H46F2N6O7. The highest BCUT2D eigenvalue weighted by atomic mass is 19.1. The summed E-state index contributed by atoms with van der Waals surface area (Å²) in [5.74, 6) is 1.87. The molecule has 15 heteroatoms. The maximum atomic E-state index is 17.6. The molecule has 1 aliphatic carbocycles. The predicted molar refractivity (Wildman–Crippen MR) is 207 cm³/mol. The van der Waals surface area contributed by atoms with Crippen LogP contribution in [0.1, 0.15) is 52.0 Å². The second kappa shape index (κ2) is 14.4. The van der Waals surface area contributed by atoms with Crippen LogP contribution in [0.3, 0.4) is 0 Å². The maximum absolute atomic E-state index is 17.6. The lowest BCUT2D eigenvalue weighted by Gasteiger charge is -2.46. The van der Waals surface area contributed by atoms with Gasteiger partial charge >= 0.3 is 12.1 Å². The van der Waals surface area contributed by atoms with Crippen LogP contribution in [0.25, 0.3) is 32.9 Å². The molecule has 0 N–H and O–H groups in total. The maximum Gasteiger partial charge on any atom is 0.410 e. The molecule has 3 atom stereocenters. The Bertz CT molecular complexity index is 2290. The van der Waals surface area contributed by atoms with E-state index >= 15 is 8.78 Å². The lowest BCUT2D eigenvalue weighted by molar-refractivity contribution is 0.00537. The minimum absolute atomic E-state index is 0.0210. The summed E-state index contributed by atoms with van der Waals surface area (Å²) < 4.78 is 68.2. The summed E-state index contributed by atoms with van der Waals surface area (Å²) in [5.41, 5.74) is -0.834. The Balaban J connectivity index is 1.18. The summed E-state index contributed by atoms with van der Waals surface area (Å²) >= 11 is 0. The monoisotopic (exact) mass is 784 g/mol. The fraction of sp³-hybridized carbons (Fsp3) is 0.524. The Morgan fingerprint density at radius 2 is 1.86 bits per heavy atom. The standard InChI is InChI=1S/C42H46F2N6O7/c1-6-27-29(43)9-7-24-17-26(56-23-52-5)18-28(32(24)27)35-34(44)36-33-37(47-39(46-36)55-22-42(11-12-42)21-48-13-15-53-16-14-48)49-19-25-8-10-30(31(49)20-54-38(33)45-35)50(25)40(51)57-41(2,3)4/h1,7,9,17-18,25,30-31H,8,10-16,19-23H2,2-5H3/t25-,30+,31-/m1/s1. The van der Waals surface area contributed by atoms with Gasteiger partial charge in [0.1, 0.15) is 46.2 Å². The number of piperazine rings is 1. The smallest absolute Gasteiger partial charge is 0.410 e. The third kappa shape index (κ3) is 6.91. The molecule has 2 aromatic carbocycles. The van der Waals surface area contributed by atoms with Gasteiger partial charge in [-0.3, -0.25) is 9.80 Å². The Labute approximate surface area is 329 Å². The number of aromatic nitrogens is 3. The van der Waals surface area contributed by atoms with E-state index in [-0.39, 0.29) is 88.0 Å². The van der Waals surface area contributed by atoms with Crippen molar-refractivity contribution in [3.05, 3.63) is 41.5 Å². The van der Waals surface area contributed by atoms with E-state index in [2.05, 4.69) is 15.7 Å². The van der Waals surface area contributed by atoms with Crippen molar-refractivity contribution in [3.63, 3.8) is 0 Å². The summed E-state index contributed by atoms with van der Waals surface area (Å²) in [6, 6.07) is 5.28. The lowest BCUT2D eigenvalue weighted by atomic mass is 9.95. The van der Waals surface area contributed by atoms with E-state index in [1.54, 1.807) is 18.2 Å². The van der Waals surface area contributed by atoms with Gasteiger partial charge in [0.15, 0.2) is 12.6 Å². The van der Waals surface area contributed by atoms with Crippen molar-refractivity contribution >= 4 is 33.6 Å². The fourth-order valence-electron chi connectivity index (χ4n) is 8.83. The topological polar surface area (TPSA) is 121 Å². The zero-order chi connectivity index (χ0) is 39.6. The molecule has 5 aliphatic rings. The molecule has 57 heavy (non-hydrogen) atoms.